The van der Waals surface area contributed by atoms with E-state index in [-0.39, 0.29) is 0 Å². The summed E-state index contributed by atoms with van der Waals surface area (Å²) >= 11 is 9.34. The highest BCUT2D eigenvalue weighted by Crippen LogP contribution is 2.31. The number of hydrogen-bond donors (Lipinski definition) is 2. The summed E-state index contributed by atoms with van der Waals surface area (Å²) in [6, 6.07) is 14.8. The fourth-order valence-electron chi connectivity index (χ4n) is 2.29. The molecule has 3 N–H and O–H groups in total. The number of hydrogen-bond acceptors (Lipinski definition) is 2. The SMILES string of the molecule is CCC(Nc1cccc(Br)c1)(C(N)=O)c1ccc(Cl)cc1. The zero-order valence-corrected chi connectivity index (χ0v) is 13.9. The van der Waals surface area contributed by atoms with Crippen molar-refractivity contribution in [1.82, 2.24) is 0 Å². The van der Waals surface area contributed by atoms with E-state index in [4.69, 9.17) is 17.3 Å². The minimum Gasteiger partial charge on any atom is -0.368 e. The van der Waals surface area contributed by atoms with Crippen LogP contribution in [0.1, 0.15) is 18.9 Å². The van der Waals surface area contributed by atoms with Crippen LogP contribution in [-0.2, 0) is 10.3 Å². The third kappa shape index (κ3) is 3.39. The Hall–Kier alpha value is -1.52. The van der Waals surface area contributed by atoms with Gasteiger partial charge in [-0.25, -0.2) is 0 Å². The molecule has 0 aliphatic heterocycles. The van der Waals surface area contributed by atoms with E-state index in [9.17, 15) is 4.79 Å². The standard InChI is InChI=1S/C16H16BrClN2O/c1-2-16(15(19)21,11-6-8-13(18)9-7-11)20-14-5-3-4-12(17)10-14/h3-10,20H,2H2,1H3,(H2,19,21). The van der Waals surface area contributed by atoms with E-state index in [1.54, 1.807) is 12.1 Å². The van der Waals surface area contributed by atoms with E-state index in [1.165, 1.54) is 0 Å². The molecule has 2 aromatic carbocycles. The first-order chi connectivity index (χ1) is 9.98. The number of halogens is 2. The molecule has 0 aromatic heterocycles. The van der Waals surface area contributed by atoms with Gasteiger partial charge in [0.05, 0.1) is 0 Å². The zero-order valence-electron chi connectivity index (χ0n) is 11.6. The number of benzene rings is 2. The van der Waals surface area contributed by atoms with Crippen molar-refractivity contribution < 1.29 is 4.79 Å². The molecular weight excluding hydrogens is 352 g/mol. The molecular formula is C16H16BrClN2O. The van der Waals surface area contributed by atoms with Crippen LogP contribution in [0, 0.1) is 0 Å². The minimum absolute atomic E-state index is 0.424. The van der Waals surface area contributed by atoms with Crippen LogP contribution in [0.25, 0.3) is 0 Å². The average Bonchev–Trinajstić information content (AvgIpc) is 2.45. The maximum Gasteiger partial charge on any atom is 0.247 e. The Morgan fingerprint density at radius 1 is 1.29 bits per heavy atom. The third-order valence-electron chi connectivity index (χ3n) is 3.47. The summed E-state index contributed by atoms with van der Waals surface area (Å²) in [5, 5.41) is 3.89. The molecule has 1 atom stereocenters. The molecule has 0 aliphatic rings. The quantitative estimate of drug-likeness (QED) is 0.827. The van der Waals surface area contributed by atoms with Gasteiger partial charge in [-0.2, -0.15) is 0 Å². The van der Waals surface area contributed by atoms with Crippen LogP contribution in [-0.4, -0.2) is 5.91 Å². The molecule has 0 spiro atoms. The lowest BCUT2D eigenvalue weighted by molar-refractivity contribution is -0.122. The highest BCUT2D eigenvalue weighted by Gasteiger charge is 2.36. The Labute approximate surface area is 137 Å². The molecule has 1 amide bonds. The molecule has 0 saturated heterocycles. The number of amides is 1. The highest BCUT2D eigenvalue weighted by molar-refractivity contribution is 9.10. The Balaban J connectivity index is 2.46. The van der Waals surface area contributed by atoms with Crippen molar-refractivity contribution in [3.8, 4) is 0 Å². The van der Waals surface area contributed by atoms with Crippen molar-refractivity contribution in [1.29, 1.82) is 0 Å². The lowest BCUT2D eigenvalue weighted by Gasteiger charge is -2.32. The zero-order chi connectivity index (χ0) is 15.5. The van der Waals surface area contributed by atoms with Crippen molar-refractivity contribution >= 4 is 39.1 Å². The second-order valence-corrected chi connectivity index (χ2v) is 6.12. The van der Waals surface area contributed by atoms with Gasteiger partial charge < -0.3 is 11.1 Å². The summed E-state index contributed by atoms with van der Waals surface area (Å²) in [5.41, 5.74) is 6.34. The maximum absolute atomic E-state index is 12.1. The van der Waals surface area contributed by atoms with Crippen molar-refractivity contribution in [3.05, 3.63) is 63.6 Å². The fraction of sp³-hybridized carbons (Fsp3) is 0.188. The summed E-state index contributed by atoms with van der Waals surface area (Å²) < 4.78 is 0.929. The van der Waals surface area contributed by atoms with Crippen molar-refractivity contribution in [2.45, 2.75) is 18.9 Å². The van der Waals surface area contributed by atoms with E-state index in [1.807, 2.05) is 43.3 Å². The number of nitrogens with two attached hydrogens (primary N) is 1. The first-order valence-electron chi connectivity index (χ1n) is 6.57. The molecule has 0 radical (unpaired) electrons. The molecule has 2 rings (SSSR count). The van der Waals surface area contributed by atoms with Crippen LogP contribution in [0.5, 0.6) is 0 Å². The van der Waals surface area contributed by atoms with Gasteiger partial charge in [0.25, 0.3) is 0 Å². The van der Waals surface area contributed by atoms with Gasteiger partial charge in [-0.15, -0.1) is 0 Å². The van der Waals surface area contributed by atoms with Crippen molar-refractivity contribution in [3.63, 3.8) is 0 Å². The summed E-state index contributed by atoms with van der Waals surface area (Å²) in [4.78, 5) is 12.1. The molecule has 2 aromatic rings. The van der Waals surface area contributed by atoms with Crippen LogP contribution in [0.4, 0.5) is 5.69 Å². The van der Waals surface area contributed by atoms with E-state index in [0.717, 1.165) is 15.7 Å². The molecule has 21 heavy (non-hydrogen) atoms. The number of carbonyl (C=O) groups is 1. The monoisotopic (exact) mass is 366 g/mol. The van der Waals surface area contributed by atoms with Crippen LogP contribution >= 0.6 is 27.5 Å². The van der Waals surface area contributed by atoms with Crippen molar-refractivity contribution in [2.75, 3.05) is 5.32 Å². The molecule has 0 fully saturated rings. The Bertz CT molecular complexity index is 645. The summed E-state index contributed by atoms with van der Waals surface area (Å²) in [7, 11) is 0. The fourth-order valence-corrected chi connectivity index (χ4v) is 2.82. The van der Waals surface area contributed by atoms with E-state index in [0.29, 0.717) is 11.4 Å². The number of primary amides is 1. The van der Waals surface area contributed by atoms with Crippen LogP contribution in [0.2, 0.25) is 5.02 Å². The number of anilines is 1. The molecule has 0 aliphatic carbocycles. The topological polar surface area (TPSA) is 55.1 Å². The van der Waals surface area contributed by atoms with Gasteiger partial charge in [-0.3, -0.25) is 4.79 Å². The van der Waals surface area contributed by atoms with E-state index >= 15 is 0 Å². The van der Waals surface area contributed by atoms with Gasteiger partial charge in [-0.05, 0) is 42.3 Å². The van der Waals surface area contributed by atoms with E-state index < -0.39 is 11.4 Å². The highest BCUT2D eigenvalue weighted by atomic mass is 79.9. The molecule has 0 bridgehead atoms. The summed E-state index contributed by atoms with van der Waals surface area (Å²) in [6.07, 6.45) is 0.524. The smallest absolute Gasteiger partial charge is 0.247 e. The summed E-state index contributed by atoms with van der Waals surface area (Å²) in [5.74, 6) is -0.424. The predicted octanol–water partition coefficient (Wildman–Crippen LogP) is 4.31. The van der Waals surface area contributed by atoms with Gasteiger partial charge in [0.1, 0.15) is 5.54 Å². The number of nitrogens with one attached hydrogen (secondary N) is 1. The second kappa shape index (κ2) is 6.50. The van der Waals surface area contributed by atoms with Crippen LogP contribution in [0.15, 0.2) is 53.0 Å². The van der Waals surface area contributed by atoms with Crippen LogP contribution < -0.4 is 11.1 Å². The Morgan fingerprint density at radius 2 is 1.95 bits per heavy atom. The average molecular weight is 368 g/mol. The normalized spacial score (nSPS) is 13.5. The van der Waals surface area contributed by atoms with Crippen LogP contribution in [0.3, 0.4) is 0 Å². The first kappa shape index (κ1) is 15.9. The lowest BCUT2D eigenvalue weighted by Crippen LogP contribution is -2.47. The largest absolute Gasteiger partial charge is 0.368 e. The van der Waals surface area contributed by atoms with Gasteiger partial charge in [0.2, 0.25) is 5.91 Å². The van der Waals surface area contributed by atoms with Gasteiger partial charge >= 0.3 is 0 Å². The van der Waals surface area contributed by atoms with Crippen molar-refractivity contribution in [2.24, 2.45) is 5.73 Å². The van der Waals surface area contributed by atoms with Gasteiger partial charge in [-0.1, -0.05) is 52.7 Å². The summed E-state index contributed by atoms with van der Waals surface area (Å²) in [6.45, 7) is 1.92. The maximum atomic E-state index is 12.1. The van der Waals surface area contributed by atoms with E-state index in [2.05, 4.69) is 21.2 Å². The van der Waals surface area contributed by atoms with Gasteiger partial charge in [0.15, 0.2) is 0 Å². The first-order valence-corrected chi connectivity index (χ1v) is 7.75. The second-order valence-electron chi connectivity index (χ2n) is 4.77. The molecule has 5 heteroatoms. The molecule has 110 valence electrons. The lowest BCUT2D eigenvalue weighted by atomic mass is 9.86. The minimum atomic E-state index is -0.967. The Kier molecular flexibility index (Phi) is 4.91. The molecule has 1 unspecified atom stereocenters. The molecule has 0 heterocycles. The number of rotatable bonds is 5. The van der Waals surface area contributed by atoms with Gasteiger partial charge in [0, 0.05) is 15.2 Å². The third-order valence-corrected chi connectivity index (χ3v) is 4.22. The molecule has 3 nitrogen and oxygen atoms in total. The Morgan fingerprint density at radius 3 is 2.48 bits per heavy atom. The predicted molar refractivity (Wildman–Crippen MR) is 90.4 cm³/mol. The molecule has 0 saturated carbocycles. The number of carbonyl (C=O) groups excluding carboxylic acids is 1.